The normalized spacial score (nSPS) is 11.3. The van der Waals surface area contributed by atoms with E-state index in [1.165, 1.54) is 0 Å². The number of hydrogen-bond acceptors (Lipinski definition) is 2. The van der Waals surface area contributed by atoms with Gasteiger partial charge >= 0.3 is 0 Å². The van der Waals surface area contributed by atoms with Crippen molar-refractivity contribution < 1.29 is 0 Å². The topological polar surface area (TPSA) is 47.6 Å². The minimum absolute atomic E-state index is 0.0484. The van der Waals surface area contributed by atoms with Crippen LogP contribution in [-0.2, 0) is 0 Å². The fourth-order valence-electron chi connectivity index (χ4n) is 1.19. The molecule has 0 radical (unpaired) electrons. The summed E-state index contributed by atoms with van der Waals surface area (Å²) < 4.78 is 0. The van der Waals surface area contributed by atoms with E-state index in [4.69, 9.17) is 10.5 Å². The van der Waals surface area contributed by atoms with E-state index in [9.17, 15) is 0 Å². The standard InChI is InChI=1S/C11H10N2/c1-2-10(8-13)11-5-3-9(7-12)4-6-11/h3-6,10H,2H2,1H3. The summed E-state index contributed by atoms with van der Waals surface area (Å²) in [5.41, 5.74) is 1.63. The maximum atomic E-state index is 8.79. The number of nitriles is 2. The SMILES string of the molecule is CCC(C#N)c1ccc(C#N)cc1. The highest BCUT2D eigenvalue weighted by molar-refractivity contribution is 5.34. The van der Waals surface area contributed by atoms with Crippen LogP contribution in [0.15, 0.2) is 24.3 Å². The van der Waals surface area contributed by atoms with Gasteiger partial charge in [0.25, 0.3) is 0 Å². The van der Waals surface area contributed by atoms with Crippen LogP contribution in [0.2, 0.25) is 0 Å². The van der Waals surface area contributed by atoms with Gasteiger partial charge in [0.15, 0.2) is 0 Å². The molecule has 2 heteroatoms. The molecule has 0 aliphatic heterocycles. The molecule has 1 atom stereocenters. The molecule has 0 N–H and O–H groups in total. The van der Waals surface area contributed by atoms with Gasteiger partial charge in [-0.1, -0.05) is 19.1 Å². The van der Waals surface area contributed by atoms with Gasteiger partial charge in [-0.2, -0.15) is 10.5 Å². The minimum Gasteiger partial charge on any atom is -0.198 e. The molecule has 0 aliphatic carbocycles. The van der Waals surface area contributed by atoms with E-state index in [0.717, 1.165) is 12.0 Å². The van der Waals surface area contributed by atoms with Gasteiger partial charge in [-0.15, -0.1) is 0 Å². The predicted octanol–water partition coefficient (Wildman–Crippen LogP) is 2.58. The summed E-state index contributed by atoms with van der Waals surface area (Å²) in [7, 11) is 0. The first kappa shape index (κ1) is 9.29. The summed E-state index contributed by atoms with van der Waals surface area (Å²) in [6.07, 6.45) is 0.808. The lowest BCUT2D eigenvalue weighted by Crippen LogP contribution is -1.92. The van der Waals surface area contributed by atoms with Crippen LogP contribution >= 0.6 is 0 Å². The molecule has 1 aromatic carbocycles. The highest BCUT2D eigenvalue weighted by Gasteiger charge is 2.06. The molecule has 0 saturated carbocycles. The highest BCUT2D eigenvalue weighted by atomic mass is 14.3. The van der Waals surface area contributed by atoms with Crippen molar-refractivity contribution in [1.29, 1.82) is 10.5 Å². The fraction of sp³-hybridized carbons (Fsp3) is 0.273. The van der Waals surface area contributed by atoms with Gasteiger partial charge in [-0.3, -0.25) is 0 Å². The zero-order chi connectivity index (χ0) is 9.68. The van der Waals surface area contributed by atoms with Gasteiger partial charge in [-0.25, -0.2) is 0 Å². The lowest BCUT2D eigenvalue weighted by molar-refractivity contribution is 0.818. The molecule has 64 valence electrons. The molecule has 1 rings (SSSR count). The Labute approximate surface area is 78.0 Å². The van der Waals surface area contributed by atoms with Crippen LogP contribution in [-0.4, -0.2) is 0 Å². The van der Waals surface area contributed by atoms with Gasteiger partial charge in [0, 0.05) is 0 Å². The molecular weight excluding hydrogens is 160 g/mol. The molecule has 1 unspecified atom stereocenters. The number of hydrogen-bond donors (Lipinski definition) is 0. The molecule has 13 heavy (non-hydrogen) atoms. The van der Waals surface area contributed by atoms with Crippen LogP contribution in [0.4, 0.5) is 0 Å². The van der Waals surface area contributed by atoms with Crippen molar-refractivity contribution in [1.82, 2.24) is 0 Å². The Kier molecular flexibility index (Phi) is 3.06. The third kappa shape index (κ3) is 2.07. The van der Waals surface area contributed by atoms with E-state index in [0.29, 0.717) is 5.56 Å². The van der Waals surface area contributed by atoms with Crippen molar-refractivity contribution in [3.63, 3.8) is 0 Å². The van der Waals surface area contributed by atoms with Crippen molar-refractivity contribution >= 4 is 0 Å². The minimum atomic E-state index is -0.0484. The number of benzene rings is 1. The molecule has 0 fully saturated rings. The molecule has 0 heterocycles. The van der Waals surface area contributed by atoms with E-state index in [1.54, 1.807) is 12.1 Å². The van der Waals surface area contributed by atoms with E-state index >= 15 is 0 Å². The molecule has 0 spiro atoms. The maximum Gasteiger partial charge on any atom is 0.0991 e. The fourth-order valence-corrected chi connectivity index (χ4v) is 1.19. The van der Waals surface area contributed by atoms with Crippen LogP contribution in [0, 0.1) is 22.7 Å². The first-order valence-corrected chi connectivity index (χ1v) is 4.21. The average molecular weight is 170 g/mol. The summed E-state index contributed by atoms with van der Waals surface area (Å²) in [6.45, 7) is 1.98. The summed E-state index contributed by atoms with van der Waals surface area (Å²) in [4.78, 5) is 0. The Morgan fingerprint density at radius 1 is 1.23 bits per heavy atom. The van der Waals surface area contributed by atoms with Crippen molar-refractivity contribution in [2.45, 2.75) is 19.3 Å². The lowest BCUT2D eigenvalue weighted by atomic mass is 9.97. The second-order valence-corrected chi connectivity index (χ2v) is 2.82. The van der Waals surface area contributed by atoms with Crippen molar-refractivity contribution in [3.05, 3.63) is 35.4 Å². The van der Waals surface area contributed by atoms with Crippen LogP contribution < -0.4 is 0 Å². The van der Waals surface area contributed by atoms with E-state index < -0.39 is 0 Å². The zero-order valence-electron chi connectivity index (χ0n) is 7.49. The first-order chi connectivity index (χ1) is 6.31. The van der Waals surface area contributed by atoms with Crippen molar-refractivity contribution in [2.24, 2.45) is 0 Å². The Balaban J connectivity index is 2.94. The van der Waals surface area contributed by atoms with Crippen molar-refractivity contribution in [2.75, 3.05) is 0 Å². The van der Waals surface area contributed by atoms with Crippen molar-refractivity contribution in [3.8, 4) is 12.1 Å². The molecule has 0 aliphatic rings. The van der Waals surface area contributed by atoms with Crippen LogP contribution in [0.5, 0.6) is 0 Å². The number of rotatable bonds is 2. The Morgan fingerprint density at radius 2 is 1.85 bits per heavy atom. The molecule has 0 aromatic heterocycles. The third-order valence-corrected chi connectivity index (χ3v) is 2.01. The Hall–Kier alpha value is -1.80. The quantitative estimate of drug-likeness (QED) is 0.684. The van der Waals surface area contributed by atoms with Gasteiger partial charge in [-0.05, 0) is 24.1 Å². The molecule has 0 amide bonds. The summed E-state index contributed by atoms with van der Waals surface area (Å²) >= 11 is 0. The highest BCUT2D eigenvalue weighted by Crippen LogP contribution is 2.18. The van der Waals surface area contributed by atoms with Gasteiger partial charge in [0.2, 0.25) is 0 Å². The Morgan fingerprint density at radius 3 is 2.23 bits per heavy atom. The van der Waals surface area contributed by atoms with Crippen LogP contribution in [0.25, 0.3) is 0 Å². The lowest BCUT2D eigenvalue weighted by Gasteiger charge is -2.04. The summed E-state index contributed by atoms with van der Waals surface area (Å²) in [5, 5.41) is 17.4. The monoisotopic (exact) mass is 170 g/mol. The second kappa shape index (κ2) is 4.28. The second-order valence-electron chi connectivity index (χ2n) is 2.82. The zero-order valence-corrected chi connectivity index (χ0v) is 7.49. The van der Waals surface area contributed by atoms with Crippen LogP contribution in [0.1, 0.15) is 30.4 Å². The van der Waals surface area contributed by atoms with Gasteiger partial charge in [0.1, 0.15) is 0 Å². The summed E-state index contributed by atoms with van der Waals surface area (Å²) in [5.74, 6) is -0.0484. The number of nitrogens with zero attached hydrogens (tertiary/aromatic N) is 2. The molecule has 0 saturated heterocycles. The average Bonchev–Trinajstić information content (AvgIpc) is 2.21. The maximum absolute atomic E-state index is 8.79. The van der Waals surface area contributed by atoms with E-state index in [2.05, 4.69) is 6.07 Å². The van der Waals surface area contributed by atoms with E-state index in [1.807, 2.05) is 25.1 Å². The molecule has 0 bridgehead atoms. The van der Waals surface area contributed by atoms with Crippen LogP contribution in [0.3, 0.4) is 0 Å². The molecule has 1 aromatic rings. The first-order valence-electron chi connectivity index (χ1n) is 4.21. The Bertz CT molecular complexity index is 351. The predicted molar refractivity (Wildman–Crippen MR) is 49.8 cm³/mol. The third-order valence-electron chi connectivity index (χ3n) is 2.01. The van der Waals surface area contributed by atoms with Gasteiger partial charge < -0.3 is 0 Å². The molecular formula is C11H10N2. The summed E-state index contributed by atoms with van der Waals surface area (Å²) in [6, 6.07) is 11.4. The largest absolute Gasteiger partial charge is 0.198 e. The van der Waals surface area contributed by atoms with E-state index in [-0.39, 0.29) is 5.92 Å². The molecule has 2 nitrogen and oxygen atoms in total. The van der Waals surface area contributed by atoms with Gasteiger partial charge in [0.05, 0.1) is 23.6 Å². The smallest absolute Gasteiger partial charge is 0.0991 e.